The fourth-order valence-electron chi connectivity index (χ4n) is 1.20. The Morgan fingerprint density at radius 1 is 1.57 bits per heavy atom. The van der Waals surface area contributed by atoms with Gasteiger partial charge in [0.25, 0.3) is 0 Å². The van der Waals surface area contributed by atoms with Crippen LogP contribution in [-0.4, -0.2) is 4.43 Å². The SMILES string of the molecule is CC1CC(CI)C1. The molecule has 1 rings (SSSR count). The Bertz CT molecular complexity index is 55.2. The maximum absolute atomic E-state index is 2.47. The number of halogens is 1. The Labute approximate surface area is 58.8 Å². The van der Waals surface area contributed by atoms with E-state index in [0.717, 1.165) is 11.8 Å². The highest BCUT2D eigenvalue weighted by Gasteiger charge is 2.23. The molecule has 0 aromatic heterocycles. The van der Waals surface area contributed by atoms with Crippen LogP contribution in [0, 0.1) is 11.8 Å². The van der Waals surface area contributed by atoms with Gasteiger partial charge in [-0.05, 0) is 24.7 Å². The third-order valence-corrected chi connectivity index (χ3v) is 2.94. The topological polar surface area (TPSA) is 0 Å². The van der Waals surface area contributed by atoms with Gasteiger partial charge in [-0.1, -0.05) is 29.5 Å². The molecule has 0 spiro atoms. The van der Waals surface area contributed by atoms with Gasteiger partial charge in [0.05, 0.1) is 0 Å². The van der Waals surface area contributed by atoms with Gasteiger partial charge in [0.1, 0.15) is 0 Å². The molecule has 0 nitrogen and oxygen atoms in total. The Kier molecular flexibility index (Phi) is 1.95. The predicted molar refractivity (Wildman–Crippen MR) is 40.8 cm³/mol. The van der Waals surface area contributed by atoms with Crippen LogP contribution in [0.15, 0.2) is 0 Å². The molecule has 0 bridgehead atoms. The Morgan fingerprint density at radius 2 is 2.14 bits per heavy atom. The van der Waals surface area contributed by atoms with E-state index in [-0.39, 0.29) is 0 Å². The highest BCUT2D eigenvalue weighted by Crippen LogP contribution is 2.33. The highest BCUT2D eigenvalue weighted by atomic mass is 127. The predicted octanol–water partition coefficient (Wildman–Crippen LogP) is 2.47. The highest BCUT2D eigenvalue weighted by molar-refractivity contribution is 14.1. The lowest BCUT2D eigenvalue weighted by Gasteiger charge is -2.30. The van der Waals surface area contributed by atoms with Gasteiger partial charge in [-0.2, -0.15) is 0 Å². The molecule has 0 aromatic rings. The normalized spacial score (nSPS) is 40.3. The van der Waals surface area contributed by atoms with Crippen molar-refractivity contribution in [3.8, 4) is 0 Å². The van der Waals surface area contributed by atoms with Crippen molar-refractivity contribution in [3.05, 3.63) is 0 Å². The maximum atomic E-state index is 2.47. The first-order valence-corrected chi connectivity index (χ1v) is 4.41. The molecule has 0 atom stereocenters. The molecule has 1 fully saturated rings. The van der Waals surface area contributed by atoms with Gasteiger partial charge < -0.3 is 0 Å². The molecule has 0 radical (unpaired) electrons. The smallest absolute Gasteiger partial charge is 0.00239 e. The van der Waals surface area contributed by atoms with Crippen molar-refractivity contribution in [3.63, 3.8) is 0 Å². The van der Waals surface area contributed by atoms with E-state index in [1.165, 1.54) is 17.3 Å². The molecule has 0 aromatic carbocycles. The lowest BCUT2D eigenvalue weighted by molar-refractivity contribution is 0.241. The summed E-state index contributed by atoms with van der Waals surface area (Å²) in [6.07, 6.45) is 2.98. The minimum absolute atomic E-state index is 1.04. The van der Waals surface area contributed by atoms with Crippen LogP contribution < -0.4 is 0 Å². The van der Waals surface area contributed by atoms with Gasteiger partial charge in [0.2, 0.25) is 0 Å². The number of alkyl halides is 1. The van der Waals surface area contributed by atoms with E-state index in [0.29, 0.717) is 0 Å². The Hall–Kier alpha value is 0.730. The quantitative estimate of drug-likeness (QED) is 0.460. The molecule has 0 N–H and O–H groups in total. The van der Waals surface area contributed by atoms with E-state index in [2.05, 4.69) is 29.5 Å². The van der Waals surface area contributed by atoms with E-state index in [1.807, 2.05) is 0 Å². The van der Waals surface area contributed by atoms with Crippen molar-refractivity contribution in [1.82, 2.24) is 0 Å². The fourth-order valence-corrected chi connectivity index (χ4v) is 1.91. The van der Waals surface area contributed by atoms with Gasteiger partial charge >= 0.3 is 0 Å². The summed E-state index contributed by atoms with van der Waals surface area (Å²) < 4.78 is 1.38. The zero-order chi connectivity index (χ0) is 5.28. The van der Waals surface area contributed by atoms with Crippen LogP contribution in [0.2, 0.25) is 0 Å². The number of hydrogen-bond acceptors (Lipinski definition) is 0. The van der Waals surface area contributed by atoms with E-state index < -0.39 is 0 Å². The van der Waals surface area contributed by atoms with E-state index in [4.69, 9.17) is 0 Å². The maximum Gasteiger partial charge on any atom is 0.00239 e. The fraction of sp³-hybridized carbons (Fsp3) is 1.00. The van der Waals surface area contributed by atoms with Crippen molar-refractivity contribution >= 4 is 22.6 Å². The minimum atomic E-state index is 1.04. The molecule has 0 aliphatic heterocycles. The van der Waals surface area contributed by atoms with Crippen LogP contribution >= 0.6 is 22.6 Å². The summed E-state index contributed by atoms with van der Waals surface area (Å²) in [7, 11) is 0. The summed E-state index contributed by atoms with van der Waals surface area (Å²) >= 11 is 2.47. The molecular weight excluding hydrogens is 199 g/mol. The van der Waals surface area contributed by atoms with Gasteiger partial charge in [0.15, 0.2) is 0 Å². The summed E-state index contributed by atoms with van der Waals surface area (Å²) in [6, 6.07) is 0. The van der Waals surface area contributed by atoms with Gasteiger partial charge in [-0.3, -0.25) is 0 Å². The summed E-state index contributed by atoms with van der Waals surface area (Å²) in [5.41, 5.74) is 0. The van der Waals surface area contributed by atoms with Crippen LogP contribution in [-0.2, 0) is 0 Å². The van der Waals surface area contributed by atoms with Crippen molar-refractivity contribution in [2.45, 2.75) is 19.8 Å². The van der Waals surface area contributed by atoms with Gasteiger partial charge in [0, 0.05) is 4.43 Å². The van der Waals surface area contributed by atoms with Crippen molar-refractivity contribution in [1.29, 1.82) is 0 Å². The molecule has 42 valence electrons. The lowest BCUT2D eigenvalue weighted by Crippen LogP contribution is -2.21. The standard InChI is InChI=1S/C6H11I/c1-5-2-6(3-5)4-7/h5-6H,2-4H2,1H3. The van der Waals surface area contributed by atoms with Crippen molar-refractivity contribution in [2.24, 2.45) is 11.8 Å². The molecule has 1 saturated carbocycles. The van der Waals surface area contributed by atoms with Crippen LogP contribution in [0.4, 0.5) is 0 Å². The van der Waals surface area contributed by atoms with Crippen LogP contribution in [0.5, 0.6) is 0 Å². The number of rotatable bonds is 1. The minimum Gasteiger partial charge on any atom is -0.0861 e. The monoisotopic (exact) mass is 210 g/mol. The van der Waals surface area contributed by atoms with Crippen LogP contribution in [0.1, 0.15) is 19.8 Å². The number of hydrogen-bond donors (Lipinski definition) is 0. The zero-order valence-corrected chi connectivity index (χ0v) is 6.81. The summed E-state index contributed by atoms with van der Waals surface area (Å²) in [6.45, 7) is 2.34. The lowest BCUT2D eigenvalue weighted by atomic mass is 9.78. The Balaban J connectivity index is 2.06. The van der Waals surface area contributed by atoms with E-state index in [1.54, 1.807) is 0 Å². The first kappa shape index (κ1) is 5.86. The van der Waals surface area contributed by atoms with Crippen LogP contribution in [0.25, 0.3) is 0 Å². The summed E-state index contributed by atoms with van der Waals surface area (Å²) in [4.78, 5) is 0. The second kappa shape index (κ2) is 2.33. The molecule has 0 unspecified atom stereocenters. The zero-order valence-electron chi connectivity index (χ0n) is 4.65. The Morgan fingerprint density at radius 3 is 2.29 bits per heavy atom. The molecule has 1 aliphatic rings. The molecule has 7 heavy (non-hydrogen) atoms. The van der Waals surface area contributed by atoms with E-state index >= 15 is 0 Å². The second-order valence-corrected chi connectivity index (χ2v) is 3.48. The second-order valence-electron chi connectivity index (χ2n) is 2.60. The van der Waals surface area contributed by atoms with Crippen molar-refractivity contribution in [2.75, 3.05) is 4.43 Å². The molecule has 0 saturated heterocycles. The average Bonchev–Trinajstić information content (AvgIpc) is 1.58. The average molecular weight is 210 g/mol. The first-order chi connectivity index (χ1) is 3.33. The third kappa shape index (κ3) is 1.31. The largest absolute Gasteiger partial charge is 0.0861 e. The third-order valence-electron chi connectivity index (χ3n) is 1.69. The van der Waals surface area contributed by atoms with E-state index in [9.17, 15) is 0 Å². The molecule has 1 heteroatoms. The molecule has 0 heterocycles. The summed E-state index contributed by atoms with van der Waals surface area (Å²) in [5, 5.41) is 0. The van der Waals surface area contributed by atoms with Crippen molar-refractivity contribution < 1.29 is 0 Å². The first-order valence-electron chi connectivity index (χ1n) is 2.89. The summed E-state index contributed by atoms with van der Waals surface area (Å²) in [5.74, 6) is 2.12. The molecule has 1 aliphatic carbocycles. The van der Waals surface area contributed by atoms with Gasteiger partial charge in [-0.25, -0.2) is 0 Å². The van der Waals surface area contributed by atoms with Gasteiger partial charge in [-0.15, -0.1) is 0 Å². The molecular formula is C6H11I. The molecule has 0 amide bonds. The van der Waals surface area contributed by atoms with Crippen LogP contribution in [0.3, 0.4) is 0 Å².